The first-order chi connectivity index (χ1) is 8.39. The number of rotatable bonds is 2. The maximum Gasteiger partial charge on any atom is 0.433 e. The Morgan fingerprint density at radius 3 is 2.61 bits per heavy atom. The van der Waals surface area contributed by atoms with Crippen LogP contribution in [0.4, 0.5) is 23.4 Å². The monoisotopic (exact) mass is 265 g/mol. The standard InChI is InChI=1S/C10H11F4N3O/c1-17(7-4-18-3-6(7)11)9-2-8(10(12,13)14)15-5-16-9/h2,5-7H,3-4H2,1H3/t6-,7-/m1/s1. The number of halogens is 4. The highest BCUT2D eigenvalue weighted by atomic mass is 19.4. The number of hydrogen-bond donors (Lipinski definition) is 0. The lowest BCUT2D eigenvalue weighted by atomic mass is 10.2. The van der Waals surface area contributed by atoms with Crippen LogP contribution in [0.25, 0.3) is 0 Å². The third kappa shape index (κ3) is 2.53. The highest BCUT2D eigenvalue weighted by Gasteiger charge is 2.35. The average Bonchev–Trinajstić information content (AvgIpc) is 2.73. The van der Waals surface area contributed by atoms with E-state index in [4.69, 9.17) is 4.74 Å². The lowest BCUT2D eigenvalue weighted by Gasteiger charge is -2.25. The molecule has 1 aliphatic rings. The van der Waals surface area contributed by atoms with Gasteiger partial charge < -0.3 is 9.64 Å². The Morgan fingerprint density at radius 1 is 1.33 bits per heavy atom. The number of nitrogens with zero attached hydrogens (tertiary/aromatic N) is 3. The maximum atomic E-state index is 13.4. The van der Waals surface area contributed by atoms with Crippen molar-refractivity contribution in [3.8, 4) is 0 Å². The largest absolute Gasteiger partial charge is 0.433 e. The third-order valence-corrected chi connectivity index (χ3v) is 2.79. The van der Waals surface area contributed by atoms with E-state index >= 15 is 0 Å². The summed E-state index contributed by atoms with van der Waals surface area (Å²) in [6, 6.07) is 0.173. The molecular weight excluding hydrogens is 254 g/mol. The van der Waals surface area contributed by atoms with Crippen molar-refractivity contribution in [1.82, 2.24) is 9.97 Å². The second-order valence-electron chi connectivity index (χ2n) is 3.99. The predicted molar refractivity (Wildman–Crippen MR) is 54.9 cm³/mol. The van der Waals surface area contributed by atoms with E-state index in [1.54, 1.807) is 0 Å². The van der Waals surface area contributed by atoms with Crippen LogP contribution in [0.15, 0.2) is 12.4 Å². The number of anilines is 1. The van der Waals surface area contributed by atoms with Crippen molar-refractivity contribution in [3.05, 3.63) is 18.1 Å². The summed E-state index contributed by atoms with van der Waals surface area (Å²) in [7, 11) is 1.48. The lowest BCUT2D eigenvalue weighted by Crippen LogP contribution is -2.39. The van der Waals surface area contributed by atoms with Crippen molar-refractivity contribution in [3.63, 3.8) is 0 Å². The van der Waals surface area contributed by atoms with Gasteiger partial charge in [0.05, 0.1) is 19.3 Å². The number of hydrogen-bond acceptors (Lipinski definition) is 4. The Kier molecular flexibility index (Phi) is 3.38. The van der Waals surface area contributed by atoms with Crippen LogP contribution in [-0.2, 0) is 10.9 Å². The van der Waals surface area contributed by atoms with Crippen LogP contribution in [0, 0.1) is 0 Å². The van der Waals surface area contributed by atoms with Gasteiger partial charge in [-0.15, -0.1) is 0 Å². The van der Waals surface area contributed by atoms with Gasteiger partial charge in [-0.3, -0.25) is 0 Å². The Hall–Kier alpha value is -1.44. The molecule has 2 atom stereocenters. The highest BCUT2D eigenvalue weighted by molar-refractivity contribution is 5.40. The number of alkyl halides is 4. The number of likely N-dealkylation sites (N-methyl/N-ethyl adjacent to an activating group) is 1. The maximum absolute atomic E-state index is 13.4. The SMILES string of the molecule is CN(c1cc(C(F)(F)F)ncn1)[C@@H]1COC[C@H]1F. The highest BCUT2D eigenvalue weighted by Crippen LogP contribution is 2.29. The van der Waals surface area contributed by atoms with Gasteiger partial charge in [-0.25, -0.2) is 14.4 Å². The molecule has 1 saturated heterocycles. The summed E-state index contributed by atoms with van der Waals surface area (Å²) < 4.78 is 55.8. The molecule has 0 aromatic carbocycles. The van der Waals surface area contributed by atoms with Crippen molar-refractivity contribution in [2.24, 2.45) is 0 Å². The summed E-state index contributed by atoms with van der Waals surface area (Å²) in [6.07, 6.45) is -4.96. The van der Waals surface area contributed by atoms with Crippen molar-refractivity contribution >= 4 is 5.82 Å². The normalized spacial score (nSPS) is 24.3. The van der Waals surface area contributed by atoms with Crippen molar-refractivity contribution in [1.29, 1.82) is 0 Å². The van der Waals surface area contributed by atoms with E-state index in [-0.39, 0.29) is 19.0 Å². The molecule has 0 amide bonds. The Bertz CT molecular complexity index is 426. The fourth-order valence-electron chi connectivity index (χ4n) is 1.74. The minimum absolute atomic E-state index is 0.0236. The molecule has 100 valence electrons. The molecule has 0 bridgehead atoms. The zero-order valence-electron chi connectivity index (χ0n) is 9.49. The molecule has 0 spiro atoms. The van der Waals surface area contributed by atoms with Crippen LogP contribution in [0.1, 0.15) is 5.69 Å². The molecule has 1 aromatic heterocycles. The summed E-state index contributed by atoms with van der Waals surface area (Å²) >= 11 is 0. The molecule has 4 nitrogen and oxygen atoms in total. The van der Waals surface area contributed by atoms with Gasteiger partial charge in [0, 0.05) is 13.1 Å². The molecule has 1 fully saturated rings. The molecule has 2 heterocycles. The van der Waals surface area contributed by atoms with Crippen LogP contribution in [-0.4, -0.2) is 42.4 Å². The van der Waals surface area contributed by atoms with Crippen molar-refractivity contribution in [2.45, 2.75) is 18.4 Å². The summed E-state index contributed by atoms with van der Waals surface area (Å²) in [6.45, 7) is 0.0786. The minimum Gasteiger partial charge on any atom is -0.376 e. The van der Waals surface area contributed by atoms with E-state index in [0.29, 0.717) is 0 Å². The molecule has 1 aliphatic heterocycles. The quantitative estimate of drug-likeness (QED) is 0.762. The van der Waals surface area contributed by atoms with Gasteiger partial charge in [0.25, 0.3) is 0 Å². The van der Waals surface area contributed by atoms with E-state index < -0.39 is 24.1 Å². The molecule has 0 aliphatic carbocycles. The van der Waals surface area contributed by atoms with Gasteiger partial charge in [0.1, 0.15) is 24.0 Å². The summed E-state index contributed by atoms with van der Waals surface area (Å²) in [5.74, 6) is 0.0236. The van der Waals surface area contributed by atoms with Gasteiger partial charge in [-0.1, -0.05) is 0 Å². The molecule has 0 unspecified atom stereocenters. The molecule has 1 aromatic rings. The van der Waals surface area contributed by atoms with E-state index in [1.165, 1.54) is 11.9 Å². The van der Waals surface area contributed by atoms with Crippen molar-refractivity contribution < 1.29 is 22.3 Å². The summed E-state index contributed by atoms with van der Waals surface area (Å²) in [5.41, 5.74) is -1.05. The van der Waals surface area contributed by atoms with Crippen LogP contribution in [0.2, 0.25) is 0 Å². The average molecular weight is 265 g/mol. The Labute approximate surface area is 101 Å². The zero-order chi connectivity index (χ0) is 13.3. The van der Waals surface area contributed by atoms with Gasteiger partial charge in [-0.2, -0.15) is 13.2 Å². The van der Waals surface area contributed by atoms with Crippen LogP contribution in [0.5, 0.6) is 0 Å². The van der Waals surface area contributed by atoms with E-state index in [0.717, 1.165) is 12.4 Å². The minimum atomic E-state index is -4.54. The first-order valence-corrected chi connectivity index (χ1v) is 5.23. The molecule has 8 heteroatoms. The van der Waals surface area contributed by atoms with E-state index in [2.05, 4.69) is 9.97 Å². The number of ether oxygens (including phenoxy) is 1. The second-order valence-corrected chi connectivity index (χ2v) is 3.99. The Balaban J connectivity index is 2.23. The first-order valence-electron chi connectivity index (χ1n) is 5.23. The van der Waals surface area contributed by atoms with Crippen LogP contribution < -0.4 is 4.90 Å². The third-order valence-electron chi connectivity index (χ3n) is 2.79. The fraction of sp³-hybridized carbons (Fsp3) is 0.600. The predicted octanol–water partition coefficient (Wildman–Crippen LogP) is 1.67. The summed E-state index contributed by atoms with van der Waals surface area (Å²) in [5, 5.41) is 0. The van der Waals surface area contributed by atoms with Crippen LogP contribution in [0.3, 0.4) is 0 Å². The smallest absolute Gasteiger partial charge is 0.376 e. The summed E-state index contributed by atoms with van der Waals surface area (Å²) in [4.78, 5) is 8.22. The van der Waals surface area contributed by atoms with Gasteiger partial charge in [0.15, 0.2) is 0 Å². The van der Waals surface area contributed by atoms with Gasteiger partial charge in [0.2, 0.25) is 0 Å². The lowest BCUT2D eigenvalue weighted by molar-refractivity contribution is -0.141. The second kappa shape index (κ2) is 4.68. The van der Waals surface area contributed by atoms with E-state index in [9.17, 15) is 17.6 Å². The molecule has 0 radical (unpaired) electrons. The first kappa shape index (κ1) is 13.0. The molecule has 0 saturated carbocycles. The topological polar surface area (TPSA) is 38.2 Å². The van der Waals surface area contributed by atoms with Crippen molar-refractivity contribution in [2.75, 3.05) is 25.2 Å². The molecular formula is C10H11F4N3O. The van der Waals surface area contributed by atoms with Gasteiger partial charge >= 0.3 is 6.18 Å². The zero-order valence-corrected chi connectivity index (χ0v) is 9.49. The van der Waals surface area contributed by atoms with Gasteiger partial charge in [-0.05, 0) is 0 Å². The fourth-order valence-corrected chi connectivity index (χ4v) is 1.74. The Morgan fingerprint density at radius 2 is 2.06 bits per heavy atom. The molecule has 18 heavy (non-hydrogen) atoms. The van der Waals surface area contributed by atoms with Crippen LogP contribution >= 0.6 is 0 Å². The van der Waals surface area contributed by atoms with E-state index in [1.807, 2.05) is 0 Å². The number of aromatic nitrogens is 2. The molecule has 2 rings (SSSR count). The molecule has 0 N–H and O–H groups in total.